The fraction of sp³-hybridized carbons (Fsp3) is 0.261. The van der Waals surface area contributed by atoms with Gasteiger partial charge in [0.1, 0.15) is 22.3 Å². The van der Waals surface area contributed by atoms with E-state index in [2.05, 4.69) is 15.0 Å². The number of thiazole rings is 1. The SMILES string of the molecule is O=C(c1nc(CO)sc1-c1ccc(F)cc1)N1CCCC1Cc1nc2cc(F)c(F)cc2[nH]1. The Morgan fingerprint density at radius 2 is 1.91 bits per heavy atom. The molecule has 1 saturated heterocycles. The Labute approximate surface area is 190 Å². The van der Waals surface area contributed by atoms with Gasteiger partial charge in [0.25, 0.3) is 5.91 Å². The Balaban J connectivity index is 1.43. The zero-order valence-corrected chi connectivity index (χ0v) is 18.1. The lowest BCUT2D eigenvalue weighted by atomic mass is 10.1. The zero-order chi connectivity index (χ0) is 23.1. The van der Waals surface area contributed by atoms with Gasteiger partial charge < -0.3 is 15.0 Å². The smallest absolute Gasteiger partial charge is 0.274 e. The number of aromatic nitrogens is 3. The predicted molar refractivity (Wildman–Crippen MR) is 117 cm³/mol. The van der Waals surface area contributed by atoms with Crippen LogP contribution in [0, 0.1) is 17.5 Å². The lowest BCUT2D eigenvalue weighted by Gasteiger charge is -2.23. The van der Waals surface area contributed by atoms with Crippen molar-refractivity contribution in [1.29, 1.82) is 0 Å². The van der Waals surface area contributed by atoms with E-state index in [1.165, 1.54) is 23.5 Å². The molecule has 0 aliphatic carbocycles. The third kappa shape index (κ3) is 4.11. The monoisotopic (exact) mass is 472 g/mol. The van der Waals surface area contributed by atoms with Gasteiger partial charge in [0, 0.05) is 31.1 Å². The molecule has 170 valence electrons. The molecule has 1 aliphatic rings. The van der Waals surface area contributed by atoms with Gasteiger partial charge in [-0.1, -0.05) is 12.1 Å². The molecule has 0 bridgehead atoms. The largest absolute Gasteiger partial charge is 0.389 e. The van der Waals surface area contributed by atoms with Crippen molar-refractivity contribution in [2.45, 2.75) is 31.9 Å². The van der Waals surface area contributed by atoms with Crippen LogP contribution in [0.15, 0.2) is 36.4 Å². The summed E-state index contributed by atoms with van der Waals surface area (Å²) in [6, 6.07) is 7.72. The van der Waals surface area contributed by atoms with Crippen molar-refractivity contribution in [3.63, 3.8) is 0 Å². The second-order valence-electron chi connectivity index (χ2n) is 7.92. The van der Waals surface area contributed by atoms with Crippen LogP contribution in [0.4, 0.5) is 13.2 Å². The summed E-state index contributed by atoms with van der Waals surface area (Å²) in [4.78, 5) is 27.5. The molecular weight excluding hydrogens is 453 g/mol. The van der Waals surface area contributed by atoms with E-state index in [1.807, 2.05) is 0 Å². The highest BCUT2D eigenvalue weighted by Crippen LogP contribution is 2.33. The first-order chi connectivity index (χ1) is 15.9. The number of carbonyl (C=O) groups excluding carboxylic acids is 1. The molecule has 0 saturated carbocycles. The molecule has 6 nitrogen and oxygen atoms in total. The second-order valence-corrected chi connectivity index (χ2v) is 9.00. The van der Waals surface area contributed by atoms with Gasteiger partial charge in [-0.25, -0.2) is 23.1 Å². The summed E-state index contributed by atoms with van der Waals surface area (Å²) in [6.07, 6.45) is 1.93. The topological polar surface area (TPSA) is 82.1 Å². The lowest BCUT2D eigenvalue weighted by Crippen LogP contribution is -2.37. The molecule has 2 aromatic heterocycles. The Hall–Kier alpha value is -3.24. The van der Waals surface area contributed by atoms with E-state index in [0.717, 1.165) is 25.0 Å². The lowest BCUT2D eigenvalue weighted by molar-refractivity contribution is 0.0730. The fourth-order valence-electron chi connectivity index (χ4n) is 4.20. The molecule has 2 N–H and O–H groups in total. The highest BCUT2D eigenvalue weighted by molar-refractivity contribution is 7.15. The summed E-state index contributed by atoms with van der Waals surface area (Å²) in [5.74, 6) is -2.04. The van der Waals surface area contributed by atoms with E-state index in [1.54, 1.807) is 17.0 Å². The van der Waals surface area contributed by atoms with Crippen molar-refractivity contribution in [2.24, 2.45) is 0 Å². The highest BCUT2D eigenvalue weighted by atomic mass is 32.1. The Bertz CT molecular complexity index is 1300. The van der Waals surface area contributed by atoms with Crippen LogP contribution < -0.4 is 0 Å². The maximum Gasteiger partial charge on any atom is 0.274 e. The van der Waals surface area contributed by atoms with Gasteiger partial charge in [0.05, 0.1) is 22.5 Å². The van der Waals surface area contributed by atoms with Crippen LogP contribution in [-0.2, 0) is 13.0 Å². The summed E-state index contributed by atoms with van der Waals surface area (Å²) in [7, 11) is 0. The standard InChI is InChI=1S/C23H19F3N4O2S/c24-13-5-3-12(4-6-13)22-21(29-20(11-31)33-22)23(32)30-7-1-2-14(30)8-19-27-17-9-15(25)16(26)10-18(17)28-19/h3-6,9-10,14,31H,1-2,7-8,11H2,(H,27,28). The van der Waals surface area contributed by atoms with Gasteiger partial charge in [0.15, 0.2) is 11.6 Å². The molecule has 3 heterocycles. The molecule has 5 rings (SSSR count). The van der Waals surface area contributed by atoms with Crippen molar-refractivity contribution >= 4 is 28.3 Å². The van der Waals surface area contributed by atoms with E-state index in [9.17, 15) is 23.1 Å². The quantitative estimate of drug-likeness (QED) is 0.450. The van der Waals surface area contributed by atoms with Crippen LogP contribution in [0.3, 0.4) is 0 Å². The van der Waals surface area contributed by atoms with Crippen LogP contribution in [-0.4, -0.2) is 43.5 Å². The van der Waals surface area contributed by atoms with Crippen LogP contribution >= 0.6 is 11.3 Å². The van der Waals surface area contributed by atoms with E-state index < -0.39 is 11.6 Å². The van der Waals surface area contributed by atoms with Gasteiger partial charge >= 0.3 is 0 Å². The van der Waals surface area contributed by atoms with Crippen LogP contribution in [0.25, 0.3) is 21.5 Å². The van der Waals surface area contributed by atoms with Crippen molar-refractivity contribution in [3.8, 4) is 10.4 Å². The molecule has 4 aromatic rings. The fourth-order valence-corrected chi connectivity index (χ4v) is 5.12. The third-order valence-corrected chi connectivity index (χ3v) is 6.84. The second kappa shape index (κ2) is 8.60. The van der Waals surface area contributed by atoms with Crippen molar-refractivity contribution < 1.29 is 23.1 Å². The molecule has 1 aliphatic heterocycles. The molecule has 1 fully saturated rings. The summed E-state index contributed by atoms with van der Waals surface area (Å²) >= 11 is 1.20. The van der Waals surface area contributed by atoms with E-state index >= 15 is 0 Å². The Morgan fingerprint density at radius 1 is 1.15 bits per heavy atom. The number of H-pyrrole nitrogens is 1. The first-order valence-corrected chi connectivity index (χ1v) is 11.3. The van der Waals surface area contributed by atoms with Gasteiger partial charge in [-0.3, -0.25) is 4.79 Å². The summed E-state index contributed by atoms with van der Waals surface area (Å²) in [5, 5.41) is 9.96. The first-order valence-electron chi connectivity index (χ1n) is 10.4. The number of aliphatic hydroxyl groups excluding tert-OH is 1. The number of halogens is 3. The number of hydrogen-bond acceptors (Lipinski definition) is 5. The normalized spacial score (nSPS) is 16.1. The average Bonchev–Trinajstić information content (AvgIpc) is 3.53. The molecule has 33 heavy (non-hydrogen) atoms. The van der Waals surface area contributed by atoms with Gasteiger partial charge in [-0.05, 0) is 30.5 Å². The van der Waals surface area contributed by atoms with E-state index in [4.69, 9.17) is 0 Å². The van der Waals surface area contributed by atoms with Crippen LogP contribution in [0.1, 0.15) is 34.2 Å². The molecule has 1 atom stereocenters. The third-order valence-electron chi connectivity index (χ3n) is 5.76. The number of hydrogen-bond donors (Lipinski definition) is 2. The Morgan fingerprint density at radius 3 is 2.67 bits per heavy atom. The molecule has 2 aromatic carbocycles. The van der Waals surface area contributed by atoms with E-state index in [0.29, 0.717) is 45.3 Å². The number of amides is 1. The number of imidazole rings is 1. The van der Waals surface area contributed by atoms with E-state index in [-0.39, 0.29) is 30.1 Å². The number of fused-ring (bicyclic) bond motifs is 1. The maximum absolute atomic E-state index is 13.5. The number of aromatic amines is 1. The number of aliphatic hydroxyl groups is 1. The number of carbonyl (C=O) groups is 1. The molecule has 1 amide bonds. The van der Waals surface area contributed by atoms with Crippen molar-refractivity contribution in [1.82, 2.24) is 19.9 Å². The van der Waals surface area contributed by atoms with Crippen LogP contribution in [0.5, 0.6) is 0 Å². The predicted octanol–water partition coefficient (Wildman–Crippen LogP) is 4.44. The number of benzene rings is 2. The minimum Gasteiger partial charge on any atom is -0.389 e. The number of rotatable bonds is 5. The molecule has 10 heteroatoms. The number of likely N-dealkylation sites (tertiary alicyclic amines) is 1. The summed E-state index contributed by atoms with van der Waals surface area (Å²) in [6.45, 7) is 0.226. The Kier molecular flexibility index (Phi) is 5.63. The van der Waals surface area contributed by atoms with Gasteiger partial charge in [-0.2, -0.15) is 0 Å². The van der Waals surface area contributed by atoms with Crippen LogP contribution in [0.2, 0.25) is 0 Å². The minimum atomic E-state index is -0.963. The number of nitrogens with one attached hydrogen (secondary N) is 1. The average molecular weight is 472 g/mol. The van der Waals surface area contributed by atoms with Gasteiger partial charge in [0.2, 0.25) is 0 Å². The molecule has 0 spiro atoms. The van der Waals surface area contributed by atoms with Crippen molar-refractivity contribution in [3.05, 3.63) is 70.4 Å². The van der Waals surface area contributed by atoms with Gasteiger partial charge in [-0.15, -0.1) is 11.3 Å². The summed E-state index contributed by atoms with van der Waals surface area (Å²) < 4.78 is 40.4. The first kappa shape index (κ1) is 21.6. The number of nitrogens with zero attached hydrogens (tertiary/aromatic N) is 3. The zero-order valence-electron chi connectivity index (χ0n) is 17.3. The maximum atomic E-state index is 13.5. The molecular formula is C23H19F3N4O2S. The minimum absolute atomic E-state index is 0.173. The van der Waals surface area contributed by atoms with Crippen molar-refractivity contribution in [2.75, 3.05) is 6.54 Å². The summed E-state index contributed by atoms with van der Waals surface area (Å²) in [5.41, 5.74) is 1.58. The molecule has 0 radical (unpaired) electrons. The molecule has 1 unspecified atom stereocenters. The highest BCUT2D eigenvalue weighted by Gasteiger charge is 2.33.